The van der Waals surface area contributed by atoms with Crippen molar-refractivity contribution in [1.29, 1.82) is 0 Å². The Morgan fingerprint density at radius 3 is 2.68 bits per heavy atom. The average molecular weight is 503 g/mol. The summed E-state index contributed by atoms with van der Waals surface area (Å²) in [7, 11) is 0. The summed E-state index contributed by atoms with van der Waals surface area (Å²) in [5.41, 5.74) is 3.21. The molecule has 1 N–H and O–H groups in total. The zero-order chi connectivity index (χ0) is 25.8. The predicted molar refractivity (Wildman–Crippen MR) is 140 cm³/mol. The minimum atomic E-state index is -0.674. The maximum Gasteiger partial charge on any atom is 0.287 e. The Morgan fingerprint density at radius 1 is 1.05 bits per heavy atom. The highest BCUT2D eigenvalue weighted by atomic mass is 19.1. The van der Waals surface area contributed by atoms with E-state index in [4.69, 9.17) is 4.42 Å². The van der Waals surface area contributed by atoms with E-state index in [9.17, 15) is 18.8 Å². The molecule has 1 aliphatic heterocycles. The molecule has 192 valence electrons. The van der Waals surface area contributed by atoms with E-state index in [1.165, 1.54) is 34.9 Å². The fraction of sp³-hybridized carbons (Fsp3) is 0.367. The fourth-order valence-electron chi connectivity index (χ4n) is 5.44. The van der Waals surface area contributed by atoms with Gasteiger partial charge in [-0.25, -0.2) is 4.39 Å². The lowest BCUT2D eigenvalue weighted by atomic mass is 9.79. The number of para-hydroxylation sites is 1. The number of hydrogen-bond donors (Lipinski definition) is 1. The van der Waals surface area contributed by atoms with Crippen molar-refractivity contribution in [3.8, 4) is 0 Å². The molecule has 1 aliphatic carbocycles. The molecule has 2 fully saturated rings. The Bertz CT molecular complexity index is 1400. The molecule has 1 saturated carbocycles. The molecule has 1 saturated heterocycles. The number of nitrogens with one attached hydrogen (secondary N) is 1. The van der Waals surface area contributed by atoms with Gasteiger partial charge in [0, 0.05) is 32.1 Å². The second kappa shape index (κ2) is 11.1. The minimum absolute atomic E-state index is 0.111. The molecule has 6 nitrogen and oxygen atoms in total. The van der Waals surface area contributed by atoms with Gasteiger partial charge in [-0.2, -0.15) is 0 Å². The molecule has 0 bridgehead atoms. The number of fused-ring (bicyclic) bond motifs is 1. The number of nitrogens with zero attached hydrogens (tertiary/aromatic N) is 1. The molecular weight excluding hydrogens is 471 g/mol. The third-order valence-electron chi connectivity index (χ3n) is 7.49. The fourth-order valence-corrected chi connectivity index (χ4v) is 5.44. The predicted octanol–water partition coefficient (Wildman–Crippen LogP) is 5.46. The zero-order valence-corrected chi connectivity index (χ0v) is 20.8. The van der Waals surface area contributed by atoms with E-state index in [2.05, 4.69) is 29.6 Å². The van der Waals surface area contributed by atoms with E-state index in [0.717, 1.165) is 51.1 Å². The van der Waals surface area contributed by atoms with Crippen molar-refractivity contribution in [2.75, 3.05) is 13.1 Å². The molecule has 37 heavy (non-hydrogen) atoms. The molecule has 7 heteroatoms. The van der Waals surface area contributed by atoms with Crippen LogP contribution in [0.5, 0.6) is 0 Å². The van der Waals surface area contributed by atoms with Gasteiger partial charge in [-0.1, -0.05) is 42.0 Å². The third-order valence-corrected chi connectivity index (χ3v) is 7.49. The molecule has 5 rings (SSSR count). The monoisotopic (exact) mass is 502 g/mol. The van der Waals surface area contributed by atoms with Crippen molar-refractivity contribution in [2.24, 2.45) is 0 Å². The molecular formula is C30H31FN2O4. The Balaban J connectivity index is 1.18. The topological polar surface area (TPSA) is 79.6 Å². The summed E-state index contributed by atoms with van der Waals surface area (Å²) < 4.78 is 19.4. The highest BCUT2D eigenvalue weighted by Crippen LogP contribution is 2.37. The molecule has 0 unspecified atom stereocenters. The van der Waals surface area contributed by atoms with Crippen LogP contribution in [-0.4, -0.2) is 29.8 Å². The van der Waals surface area contributed by atoms with Gasteiger partial charge in [0.1, 0.15) is 0 Å². The van der Waals surface area contributed by atoms with Gasteiger partial charge < -0.3 is 14.6 Å². The first-order valence-electron chi connectivity index (χ1n) is 13.0. The van der Waals surface area contributed by atoms with E-state index in [1.807, 2.05) is 11.0 Å². The maximum absolute atomic E-state index is 14.0. The Kier molecular flexibility index (Phi) is 7.49. The second-order valence-corrected chi connectivity index (χ2v) is 9.91. The van der Waals surface area contributed by atoms with Crippen LogP contribution in [0.2, 0.25) is 0 Å². The summed E-state index contributed by atoms with van der Waals surface area (Å²) >= 11 is 0. The number of halogens is 1. The number of carbonyl (C=O) groups is 2. The van der Waals surface area contributed by atoms with Crippen molar-refractivity contribution in [1.82, 2.24) is 10.2 Å². The van der Waals surface area contributed by atoms with E-state index >= 15 is 0 Å². The van der Waals surface area contributed by atoms with Crippen LogP contribution in [-0.2, 0) is 11.3 Å². The first-order chi connectivity index (χ1) is 18.0. The van der Waals surface area contributed by atoms with Crippen LogP contribution in [0, 0.1) is 5.82 Å². The lowest BCUT2D eigenvalue weighted by molar-refractivity contribution is -0.133. The molecule has 1 aromatic heterocycles. The SMILES string of the molecule is O=C(NCC=C1CCC(c2ccccc2CN2CCCCC2=O)CC1)c1cc(=O)c2cccc(F)c2o1. The summed E-state index contributed by atoms with van der Waals surface area (Å²) in [6.07, 6.45) is 8.65. The highest BCUT2D eigenvalue weighted by Gasteiger charge is 2.23. The quantitative estimate of drug-likeness (QED) is 0.454. The van der Waals surface area contributed by atoms with Gasteiger partial charge in [0.25, 0.3) is 5.91 Å². The summed E-state index contributed by atoms with van der Waals surface area (Å²) in [6, 6.07) is 13.7. The van der Waals surface area contributed by atoms with Gasteiger partial charge in [0.15, 0.2) is 22.6 Å². The summed E-state index contributed by atoms with van der Waals surface area (Å²) in [5.74, 6) is -0.718. The number of allylic oxidation sites excluding steroid dienone is 1. The normalized spacial score (nSPS) is 18.2. The van der Waals surface area contributed by atoms with Crippen molar-refractivity contribution >= 4 is 22.8 Å². The van der Waals surface area contributed by atoms with Crippen LogP contribution in [0.1, 0.15) is 72.5 Å². The number of amides is 2. The number of likely N-dealkylation sites (tertiary alicyclic amines) is 1. The van der Waals surface area contributed by atoms with Crippen LogP contribution >= 0.6 is 0 Å². The largest absolute Gasteiger partial charge is 0.448 e. The Labute approximate surface area is 215 Å². The smallest absolute Gasteiger partial charge is 0.287 e. The van der Waals surface area contributed by atoms with Gasteiger partial charge in [0.05, 0.1) is 5.39 Å². The molecule has 2 heterocycles. The van der Waals surface area contributed by atoms with E-state index in [-0.39, 0.29) is 22.6 Å². The zero-order valence-electron chi connectivity index (χ0n) is 20.8. The van der Waals surface area contributed by atoms with Gasteiger partial charge >= 0.3 is 0 Å². The third kappa shape index (κ3) is 5.66. The first-order valence-corrected chi connectivity index (χ1v) is 13.0. The maximum atomic E-state index is 14.0. The Hall–Kier alpha value is -3.74. The van der Waals surface area contributed by atoms with Crippen molar-refractivity contribution in [3.05, 3.63) is 93.1 Å². The first kappa shape index (κ1) is 24.9. The number of benzene rings is 2. The van der Waals surface area contributed by atoms with Gasteiger partial charge in [-0.3, -0.25) is 14.4 Å². The van der Waals surface area contributed by atoms with Gasteiger partial charge in [-0.05, 0) is 67.7 Å². The highest BCUT2D eigenvalue weighted by molar-refractivity contribution is 5.93. The molecule has 2 aliphatic rings. The van der Waals surface area contributed by atoms with Crippen molar-refractivity contribution in [3.63, 3.8) is 0 Å². The van der Waals surface area contributed by atoms with E-state index < -0.39 is 17.2 Å². The van der Waals surface area contributed by atoms with E-state index in [0.29, 0.717) is 25.4 Å². The minimum Gasteiger partial charge on any atom is -0.448 e. The van der Waals surface area contributed by atoms with Crippen LogP contribution in [0.15, 0.2) is 69.4 Å². The summed E-state index contributed by atoms with van der Waals surface area (Å²) in [5, 5.41) is 2.86. The molecule has 0 atom stereocenters. The molecule has 3 aromatic rings. The standard InChI is InChI=1S/C30H31FN2O4/c31-25-9-5-8-24-26(34)18-27(37-29(24)25)30(36)32-16-15-20-11-13-21(14-12-20)23-7-2-1-6-22(23)19-33-17-4-3-10-28(33)35/h1-2,5-9,15,18,21H,3-4,10-14,16-17,19H2,(H,32,36). The lowest BCUT2D eigenvalue weighted by Gasteiger charge is -2.30. The number of hydrogen-bond acceptors (Lipinski definition) is 4. The van der Waals surface area contributed by atoms with Crippen LogP contribution in [0.4, 0.5) is 4.39 Å². The number of piperidine rings is 1. The number of carbonyl (C=O) groups excluding carboxylic acids is 2. The number of rotatable bonds is 6. The molecule has 0 radical (unpaired) electrons. The van der Waals surface area contributed by atoms with Crippen LogP contribution in [0.3, 0.4) is 0 Å². The van der Waals surface area contributed by atoms with Gasteiger partial charge in [0.2, 0.25) is 5.91 Å². The average Bonchev–Trinajstić information content (AvgIpc) is 2.91. The molecule has 0 spiro atoms. The summed E-state index contributed by atoms with van der Waals surface area (Å²) in [6.45, 7) is 1.84. The van der Waals surface area contributed by atoms with Gasteiger partial charge in [-0.15, -0.1) is 0 Å². The van der Waals surface area contributed by atoms with Crippen LogP contribution < -0.4 is 10.7 Å². The lowest BCUT2D eigenvalue weighted by Crippen LogP contribution is -2.35. The van der Waals surface area contributed by atoms with E-state index in [1.54, 1.807) is 0 Å². The second-order valence-electron chi connectivity index (χ2n) is 9.91. The Morgan fingerprint density at radius 2 is 1.86 bits per heavy atom. The molecule has 2 aromatic carbocycles. The van der Waals surface area contributed by atoms with Crippen molar-refractivity contribution in [2.45, 2.75) is 57.4 Å². The van der Waals surface area contributed by atoms with Crippen LogP contribution in [0.25, 0.3) is 11.0 Å². The van der Waals surface area contributed by atoms with Crippen molar-refractivity contribution < 1.29 is 18.4 Å². The summed E-state index contributed by atoms with van der Waals surface area (Å²) in [4.78, 5) is 39.1. The molecule has 2 amide bonds.